The third-order valence-corrected chi connectivity index (χ3v) is 1.20. The lowest BCUT2D eigenvalue weighted by Crippen LogP contribution is -2.05. The molecule has 0 bridgehead atoms. The molecule has 0 aliphatic carbocycles. The first-order valence-corrected chi connectivity index (χ1v) is 2.58. The minimum atomic E-state index is 0.208. The SMILES string of the molecule is CB(C)C(C)C#N. The number of nitrogens with zero attached hydrogens (tertiary/aromatic N) is 1. The van der Waals surface area contributed by atoms with Crippen LogP contribution in [0.15, 0.2) is 0 Å². The molecule has 0 amide bonds. The van der Waals surface area contributed by atoms with Gasteiger partial charge in [0.05, 0.1) is 6.07 Å². The van der Waals surface area contributed by atoms with E-state index in [1.807, 2.05) is 20.6 Å². The Morgan fingerprint density at radius 2 is 2.00 bits per heavy atom. The maximum atomic E-state index is 8.26. The second-order valence-electron chi connectivity index (χ2n) is 2.16. The Balaban J connectivity index is 3.40. The van der Waals surface area contributed by atoms with E-state index in [0.29, 0.717) is 6.71 Å². The topological polar surface area (TPSA) is 23.8 Å². The van der Waals surface area contributed by atoms with Gasteiger partial charge in [0, 0.05) is 5.82 Å². The zero-order chi connectivity index (χ0) is 5.86. The Morgan fingerprint density at radius 3 is 2.00 bits per heavy atom. The first-order valence-electron chi connectivity index (χ1n) is 2.58. The predicted octanol–water partition coefficient (Wildman–Crippen LogP) is 1.65. The number of rotatable bonds is 1. The summed E-state index contributed by atoms with van der Waals surface area (Å²) in [6, 6.07) is 2.16. The molecule has 1 nitrogen and oxygen atoms in total. The first-order chi connectivity index (χ1) is 3.18. The van der Waals surface area contributed by atoms with Crippen molar-refractivity contribution >= 4 is 6.71 Å². The Kier molecular flexibility index (Phi) is 2.51. The van der Waals surface area contributed by atoms with Gasteiger partial charge in [-0.25, -0.2) is 0 Å². The number of hydrogen-bond acceptors (Lipinski definition) is 1. The highest BCUT2D eigenvalue weighted by Crippen LogP contribution is 2.04. The monoisotopic (exact) mass is 95.1 g/mol. The molecule has 1 atom stereocenters. The minimum Gasteiger partial charge on any atom is -0.199 e. The largest absolute Gasteiger partial charge is 0.199 e. The lowest BCUT2D eigenvalue weighted by atomic mass is 9.46. The second-order valence-corrected chi connectivity index (χ2v) is 2.16. The Bertz CT molecular complexity index is 82.6. The molecule has 0 fully saturated rings. The van der Waals surface area contributed by atoms with Crippen molar-refractivity contribution in [1.29, 1.82) is 5.26 Å². The molecule has 0 rings (SSSR count). The van der Waals surface area contributed by atoms with Crippen LogP contribution in [0, 0.1) is 11.3 Å². The summed E-state index contributed by atoms with van der Waals surface area (Å²) in [6.45, 7) is 6.54. The summed E-state index contributed by atoms with van der Waals surface area (Å²) in [6.07, 6.45) is 0. The molecule has 0 saturated carbocycles. The van der Waals surface area contributed by atoms with Crippen molar-refractivity contribution in [1.82, 2.24) is 0 Å². The van der Waals surface area contributed by atoms with E-state index in [-0.39, 0.29) is 5.82 Å². The van der Waals surface area contributed by atoms with Crippen LogP contribution in [-0.2, 0) is 0 Å². The van der Waals surface area contributed by atoms with Gasteiger partial charge in [-0.2, -0.15) is 5.26 Å². The molecule has 0 aromatic heterocycles. The Morgan fingerprint density at radius 1 is 1.57 bits per heavy atom. The summed E-state index contributed by atoms with van der Waals surface area (Å²) in [5.74, 6) is 0.208. The van der Waals surface area contributed by atoms with Gasteiger partial charge in [-0.1, -0.05) is 20.6 Å². The Labute approximate surface area is 45.4 Å². The van der Waals surface area contributed by atoms with E-state index in [4.69, 9.17) is 5.26 Å². The standard InChI is InChI=1S/C5H10BN/c1-5(4-7)6(2)3/h5H,1-3H3. The average molecular weight is 95.0 g/mol. The van der Waals surface area contributed by atoms with Gasteiger partial charge in [-0.05, 0) is 0 Å². The van der Waals surface area contributed by atoms with E-state index in [1.54, 1.807) is 0 Å². The lowest BCUT2D eigenvalue weighted by Gasteiger charge is -1.97. The molecule has 0 aliphatic heterocycles. The second kappa shape index (κ2) is 2.68. The van der Waals surface area contributed by atoms with Crippen molar-refractivity contribution in [3.63, 3.8) is 0 Å². The third kappa shape index (κ3) is 2.28. The fraction of sp³-hybridized carbons (Fsp3) is 0.800. The lowest BCUT2D eigenvalue weighted by molar-refractivity contribution is 1.17. The van der Waals surface area contributed by atoms with Gasteiger partial charge in [0.25, 0.3) is 0 Å². The van der Waals surface area contributed by atoms with Crippen LogP contribution in [-0.4, -0.2) is 6.71 Å². The van der Waals surface area contributed by atoms with Gasteiger partial charge >= 0.3 is 0 Å². The van der Waals surface area contributed by atoms with Crippen LogP contribution in [0.2, 0.25) is 19.5 Å². The highest BCUT2D eigenvalue weighted by Gasteiger charge is 2.06. The molecule has 0 heterocycles. The molecule has 2 heteroatoms. The quantitative estimate of drug-likeness (QED) is 0.454. The molecular weight excluding hydrogens is 84.9 g/mol. The molecular formula is C5H10BN. The van der Waals surface area contributed by atoms with Gasteiger partial charge in [0.1, 0.15) is 0 Å². The van der Waals surface area contributed by atoms with E-state index >= 15 is 0 Å². The maximum Gasteiger partial charge on any atom is 0.154 e. The fourth-order valence-electron chi connectivity index (χ4n) is 0.149. The molecule has 7 heavy (non-hydrogen) atoms. The number of hydrogen-bond donors (Lipinski definition) is 0. The third-order valence-electron chi connectivity index (χ3n) is 1.20. The molecule has 0 N–H and O–H groups in total. The van der Waals surface area contributed by atoms with Gasteiger partial charge in [-0.3, -0.25) is 0 Å². The van der Waals surface area contributed by atoms with Crippen LogP contribution in [0.3, 0.4) is 0 Å². The van der Waals surface area contributed by atoms with E-state index in [1.165, 1.54) is 0 Å². The van der Waals surface area contributed by atoms with Crippen LogP contribution in [0.1, 0.15) is 6.92 Å². The summed E-state index contributed by atoms with van der Waals surface area (Å²) in [5.41, 5.74) is 0. The highest BCUT2D eigenvalue weighted by atomic mass is 14.2. The van der Waals surface area contributed by atoms with E-state index in [0.717, 1.165) is 0 Å². The molecule has 38 valence electrons. The Hall–Kier alpha value is -0.445. The highest BCUT2D eigenvalue weighted by molar-refractivity contribution is 6.58. The van der Waals surface area contributed by atoms with Crippen molar-refractivity contribution in [3.8, 4) is 6.07 Å². The van der Waals surface area contributed by atoms with E-state index in [2.05, 4.69) is 6.07 Å². The van der Waals surface area contributed by atoms with Crippen LogP contribution < -0.4 is 0 Å². The van der Waals surface area contributed by atoms with E-state index in [9.17, 15) is 0 Å². The summed E-state index contributed by atoms with van der Waals surface area (Å²) in [4.78, 5) is 0. The summed E-state index contributed by atoms with van der Waals surface area (Å²) < 4.78 is 0. The normalized spacial score (nSPS) is 12.3. The summed E-state index contributed by atoms with van der Waals surface area (Å²) >= 11 is 0. The van der Waals surface area contributed by atoms with Gasteiger partial charge in [0.15, 0.2) is 6.71 Å². The van der Waals surface area contributed by atoms with Crippen LogP contribution in [0.25, 0.3) is 0 Å². The van der Waals surface area contributed by atoms with Crippen molar-refractivity contribution < 1.29 is 0 Å². The number of nitriles is 1. The fourth-order valence-corrected chi connectivity index (χ4v) is 0.149. The van der Waals surface area contributed by atoms with Gasteiger partial charge in [-0.15, -0.1) is 0 Å². The van der Waals surface area contributed by atoms with Gasteiger partial charge in [0.2, 0.25) is 0 Å². The van der Waals surface area contributed by atoms with Crippen molar-refractivity contribution in [2.75, 3.05) is 0 Å². The van der Waals surface area contributed by atoms with Crippen molar-refractivity contribution in [2.45, 2.75) is 26.4 Å². The molecule has 0 spiro atoms. The molecule has 0 aromatic carbocycles. The van der Waals surface area contributed by atoms with Crippen molar-refractivity contribution in [3.05, 3.63) is 0 Å². The molecule has 1 unspecified atom stereocenters. The molecule has 0 aliphatic rings. The minimum absolute atomic E-state index is 0.208. The van der Waals surface area contributed by atoms with Crippen molar-refractivity contribution in [2.24, 2.45) is 0 Å². The van der Waals surface area contributed by atoms with Crippen LogP contribution >= 0.6 is 0 Å². The summed E-state index contributed by atoms with van der Waals surface area (Å²) in [7, 11) is 0. The predicted molar refractivity (Wildman–Crippen MR) is 32.5 cm³/mol. The molecule has 0 radical (unpaired) electrons. The molecule has 0 aromatic rings. The first kappa shape index (κ1) is 6.55. The average Bonchev–Trinajstić information content (AvgIpc) is 1.65. The smallest absolute Gasteiger partial charge is 0.154 e. The summed E-state index contributed by atoms with van der Waals surface area (Å²) in [5, 5.41) is 8.26. The zero-order valence-corrected chi connectivity index (χ0v) is 5.10. The van der Waals surface area contributed by atoms with Crippen LogP contribution in [0.4, 0.5) is 0 Å². The van der Waals surface area contributed by atoms with Gasteiger partial charge < -0.3 is 0 Å². The zero-order valence-electron chi connectivity index (χ0n) is 5.10. The van der Waals surface area contributed by atoms with Crippen LogP contribution in [0.5, 0.6) is 0 Å². The molecule has 0 saturated heterocycles. The van der Waals surface area contributed by atoms with E-state index < -0.39 is 0 Å². The maximum absolute atomic E-state index is 8.26.